The van der Waals surface area contributed by atoms with Crippen LogP contribution in [0, 0.1) is 11.8 Å². The number of fused-ring (bicyclic) bond motifs is 7. The van der Waals surface area contributed by atoms with E-state index in [0.29, 0.717) is 11.8 Å². The average Bonchev–Trinajstić information content (AvgIpc) is 3.53. The van der Waals surface area contributed by atoms with Crippen LogP contribution in [0.15, 0.2) is 100.0 Å². The second-order valence-electron chi connectivity index (χ2n) is 11.8. The van der Waals surface area contributed by atoms with Crippen molar-refractivity contribution >= 4 is 43.9 Å². The summed E-state index contributed by atoms with van der Waals surface area (Å²) in [5, 5.41) is 4.44. The molecule has 0 radical (unpaired) electrons. The highest BCUT2D eigenvalue weighted by Crippen LogP contribution is 2.45. The maximum absolute atomic E-state index is 6.83. The van der Waals surface area contributed by atoms with E-state index in [4.69, 9.17) is 13.8 Å². The number of aromatic nitrogens is 1. The van der Waals surface area contributed by atoms with E-state index < -0.39 is 0 Å². The fourth-order valence-electron chi connectivity index (χ4n) is 6.11. The third-order valence-electron chi connectivity index (χ3n) is 7.79. The fraction of sp³-hybridized carbons (Fsp3) is 0.216. The van der Waals surface area contributed by atoms with Crippen LogP contribution in [0.3, 0.4) is 0 Å². The molecule has 7 rings (SSSR count). The third-order valence-corrected chi connectivity index (χ3v) is 7.79. The van der Waals surface area contributed by atoms with Crippen molar-refractivity contribution in [2.24, 2.45) is 11.8 Å². The van der Waals surface area contributed by atoms with Gasteiger partial charge in [-0.25, -0.2) is 0 Å². The van der Waals surface area contributed by atoms with Crippen LogP contribution in [-0.4, -0.2) is 4.98 Å². The van der Waals surface area contributed by atoms with Gasteiger partial charge in [-0.3, -0.25) is 4.98 Å². The number of furan rings is 2. The van der Waals surface area contributed by atoms with E-state index >= 15 is 0 Å². The highest BCUT2D eigenvalue weighted by molar-refractivity contribution is 6.25. The number of benzene rings is 4. The molecule has 0 atom stereocenters. The largest absolute Gasteiger partial charge is 0.455 e. The minimum atomic E-state index is 0.525. The molecule has 3 aromatic heterocycles. The quantitative estimate of drug-likeness (QED) is 0.218. The molecule has 4 aromatic carbocycles. The summed E-state index contributed by atoms with van der Waals surface area (Å²) in [4.78, 5) is 4.70. The van der Waals surface area contributed by atoms with E-state index in [0.717, 1.165) is 79.1 Å². The highest BCUT2D eigenvalue weighted by Gasteiger charge is 2.23. The number of para-hydroxylation sites is 2. The molecule has 3 nitrogen and oxygen atoms in total. The summed E-state index contributed by atoms with van der Waals surface area (Å²) in [7, 11) is 0. The van der Waals surface area contributed by atoms with Crippen LogP contribution in [0.25, 0.3) is 66.3 Å². The molecule has 0 N–H and O–H groups in total. The molecule has 7 aromatic rings. The first-order valence-corrected chi connectivity index (χ1v) is 14.3. The lowest BCUT2D eigenvalue weighted by molar-refractivity contribution is 0.622. The van der Waals surface area contributed by atoms with Gasteiger partial charge in [0.2, 0.25) is 0 Å². The Morgan fingerprint density at radius 1 is 0.575 bits per heavy atom. The number of hydrogen-bond acceptors (Lipinski definition) is 3. The van der Waals surface area contributed by atoms with Gasteiger partial charge in [0.25, 0.3) is 0 Å². The fourth-order valence-corrected chi connectivity index (χ4v) is 6.11. The summed E-state index contributed by atoms with van der Waals surface area (Å²) in [5.41, 5.74) is 10.4. The van der Waals surface area contributed by atoms with Crippen LogP contribution in [-0.2, 0) is 12.8 Å². The van der Waals surface area contributed by atoms with Gasteiger partial charge in [0.1, 0.15) is 22.3 Å². The Labute approximate surface area is 234 Å². The average molecular weight is 524 g/mol. The normalized spacial score (nSPS) is 12.2. The van der Waals surface area contributed by atoms with E-state index in [-0.39, 0.29) is 0 Å². The lowest BCUT2D eigenvalue weighted by Crippen LogP contribution is -1.93. The first-order valence-electron chi connectivity index (χ1n) is 14.3. The zero-order valence-electron chi connectivity index (χ0n) is 23.5. The highest BCUT2D eigenvalue weighted by atomic mass is 16.3. The first kappa shape index (κ1) is 24.7. The SMILES string of the molecule is CC(C)Cc1cccc2c1oc1c2cc(-c2ccnc(-c3ccccc3)c2)c2oc3c(CC(C)C)cccc3c21. The second kappa shape index (κ2) is 9.67. The maximum atomic E-state index is 6.83. The van der Waals surface area contributed by atoms with E-state index in [1.807, 2.05) is 12.3 Å². The van der Waals surface area contributed by atoms with Crippen LogP contribution in [0.2, 0.25) is 0 Å². The predicted octanol–water partition coefficient (Wildman–Crippen LogP) is 10.6. The lowest BCUT2D eigenvalue weighted by atomic mass is 9.96. The van der Waals surface area contributed by atoms with Crippen LogP contribution in [0.5, 0.6) is 0 Å². The van der Waals surface area contributed by atoms with Crippen molar-refractivity contribution in [1.29, 1.82) is 0 Å². The summed E-state index contributed by atoms with van der Waals surface area (Å²) >= 11 is 0. The molecule has 0 spiro atoms. The Morgan fingerprint density at radius 2 is 1.23 bits per heavy atom. The topological polar surface area (TPSA) is 39.2 Å². The maximum Gasteiger partial charge on any atom is 0.147 e. The van der Waals surface area contributed by atoms with Gasteiger partial charge in [-0.05, 0) is 59.6 Å². The zero-order chi connectivity index (χ0) is 27.4. The van der Waals surface area contributed by atoms with E-state index in [1.165, 1.54) is 11.1 Å². The lowest BCUT2D eigenvalue weighted by Gasteiger charge is -2.07. The van der Waals surface area contributed by atoms with Crippen molar-refractivity contribution in [2.75, 3.05) is 0 Å². The summed E-state index contributed by atoms with van der Waals surface area (Å²) in [5.74, 6) is 1.06. The number of nitrogens with zero attached hydrogens (tertiary/aromatic N) is 1. The Balaban J connectivity index is 1.59. The summed E-state index contributed by atoms with van der Waals surface area (Å²) in [6.07, 6.45) is 3.83. The van der Waals surface area contributed by atoms with Crippen LogP contribution in [0.4, 0.5) is 0 Å². The number of hydrogen-bond donors (Lipinski definition) is 0. The molecule has 0 aliphatic rings. The molecule has 40 heavy (non-hydrogen) atoms. The standard InChI is InChI=1S/C37H33NO2/c1-22(2)18-26-12-8-14-28-31-21-30(25-16-17-38-32(20-25)24-10-6-5-7-11-24)36-33(37(31)39-34(26)28)29-15-9-13-27(19-23(3)4)35(29)40-36/h5-17,20-23H,18-19H2,1-4H3. The second-order valence-corrected chi connectivity index (χ2v) is 11.8. The molecule has 0 aliphatic carbocycles. The Hall–Kier alpha value is -4.37. The van der Waals surface area contributed by atoms with Crippen molar-refractivity contribution in [3.05, 3.63) is 102 Å². The van der Waals surface area contributed by atoms with Crippen molar-refractivity contribution in [2.45, 2.75) is 40.5 Å². The van der Waals surface area contributed by atoms with E-state index in [9.17, 15) is 0 Å². The van der Waals surface area contributed by atoms with Gasteiger partial charge in [0.05, 0.1) is 11.1 Å². The van der Waals surface area contributed by atoms with E-state index in [1.54, 1.807) is 0 Å². The summed E-state index contributed by atoms with van der Waals surface area (Å²) in [6.45, 7) is 9.02. The molecule has 3 heterocycles. The number of pyridine rings is 1. The molecule has 3 heteroatoms. The Bertz CT molecular complexity index is 2010. The predicted molar refractivity (Wildman–Crippen MR) is 167 cm³/mol. The monoisotopic (exact) mass is 523 g/mol. The summed E-state index contributed by atoms with van der Waals surface area (Å²) in [6, 6.07) is 29.9. The van der Waals surface area contributed by atoms with Crippen molar-refractivity contribution in [1.82, 2.24) is 4.98 Å². The van der Waals surface area contributed by atoms with Crippen molar-refractivity contribution in [3.63, 3.8) is 0 Å². The Morgan fingerprint density at radius 3 is 1.93 bits per heavy atom. The van der Waals surface area contributed by atoms with Gasteiger partial charge in [-0.2, -0.15) is 0 Å². The molecular weight excluding hydrogens is 490 g/mol. The first-order chi connectivity index (χ1) is 19.5. The molecule has 0 unspecified atom stereocenters. The molecule has 0 amide bonds. The Kier molecular flexibility index (Phi) is 5.96. The third kappa shape index (κ3) is 4.08. The van der Waals surface area contributed by atoms with Gasteiger partial charge in [-0.1, -0.05) is 94.4 Å². The molecule has 0 aliphatic heterocycles. The van der Waals surface area contributed by atoms with Gasteiger partial charge < -0.3 is 8.83 Å². The molecule has 0 bridgehead atoms. The van der Waals surface area contributed by atoms with Gasteiger partial charge in [0.15, 0.2) is 0 Å². The molecular formula is C37H33NO2. The smallest absolute Gasteiger partial charge is 0.147 e. The molecule has 0 saturated carbocycles. The van der Waals surface area contributed by atoms with Crippen LogP contribution in [0.1, 0.15) is 38.8 Å². The van der Waals surface area contributed by atoms with Crippen LogP contribution < -0.4 is 0 Å². The van der Waals surface area contributed by atoms with Crippen molar-refractivity contribution in [3.8, 4) is 22.4 Å². The summed E-state index contributed by atoms with van der Waals surface area (Å²) < 4.78 is 13.6. The molecule has 0 fully saturated rings. The molecule has 0 saturated heterocycles. The minimum absolute atomic E-state index is 0.525. The van der Waals surface area contributed by atoms with Gasteiger partial charge in [0, 0.05) is 33.5 Å². The van der Waals surface area contributed by atoms with Crippen LogP contribution >= 0.6 is 0 Å². The van der Waals surface area contributed by atoms with E-state index in [2.05, 4.69) is 107 Å². The van der Waals surface area contributed by atoms with Gasteiger partial charge in [-0.15, -0.1) is 0 Å². The van der Waals surface area contributed by atoms with Crippen molar-refractivity contribution < 1.29 is 8.83 Å². The number of rotatable bonds is 6. The van der Waals surface area contributed by atoms with Gasteiger partial charge >= 0.3 is 0 Å². The minimum Gasteiger partial charge on any atom is -0.455 e. The molecule has 198 valence electrons. The zero-order valence-corrected chi connectivity index (χ0v) is 23.5.